The van der Waals surface area contributed by atoms with Gasteiger partial charge in [0.05, 0.1) is 6.04 Å². The molecule has 0 saturated carbocycles. The lowest BCUT2D eigenvalue weighted by atomic mass is 10.2. The van der Waals surface area contributed by atoms with E-state index in [2.05, 4.69) is 10.6 Å². The lowest BCUT2D eigenvalue weighted by molar-refractivity contribution is -0.123. The number of alkyl halides is 1. The molecular weight excluding hydrogens is 135 g/mol. The third-order valence-corrected chi connectivity index (χ3v) is 1.62. The largest absolute Gasteiger partial charge is 0.328 e. The second-order valence-electron chi connectivity index (χ2n) is 2.32. The monoisotopic (exact) mass is 146 g/mol. The average molecular weight is 146 g/mol. The van der Waals surface area contributed by atoms with Crippen LogP contribution in [0.5, 0.6) is 0 Å². The lowest BCUT2D eigenvalue weighted by Gasteiger charge is -2.07. The second-order valence-corrected chi connectivity index (χ2v) is 2.32. The predicted octanol–water partition coefficient (Wildman–Crippen LogP) is -0.218. The van der Waals surface area contributed by atoms with Crippen molar-refractivity contribution in [1.29, 1.82) is 0 Å². The van der Waals surface area contributed by atoms with Gasteiger partial charge in [-0.2, -0.15) is 0 Å². The van der Waals surface area contributed by atoms with Crippen molar-refractivity contribution < 1.29 is 9.18 Å². The minimum absolute atomic E-state index is 0.157. The molecule has 1 aliphatic heterocycles. The highest BCUT2D eigenvalue weighted by atomic mass is 19.1. The first-order valence-corrected chi connectivity index (χ1v) is 3.41. The van der Waals surface area contributed by atoms with E-state index >= 15 is 0 Å². The maximum absolute atomic E-state index is 11.5. The van der Waals surface area contributed by atoms with Crippen LogP contribution in [-0.4, -0.2) is 25.3 Å². The molecular formula is C6H11FN2O. The van der Waals surface area contributed by atoms with E-state index in [0.29, 0.717) is 0 Å². The number of halogens is 1. The third-order valence-electron chi connectivity index (χ3n) is 1.62. The highest BCUT2D eigenvalue weighted by molar-refractivity contribution is 5.81. The van der Waals surface area contributed by atoms with Crippen molar-refractivity contribution in [2.45, 2.75) is 18.9 Å². The van der Waals surface area contributed by atoms with Crippen molar-refractivity contribution >= 4 is 5.91 Å². The Morgan fingerprint density at radius 3 is 3.10 bits per heavy atom. The second kappa shape index (κ2) is 3.51. The fraction of sp³-hybridized carbons (Fsp3) is 0.833. The molecule has 0 aliphatic carbocycles. The van der Waals surface area contributed by atoms with Gasteiger partial charge in [-0.3, -0.25) is 4.79 Å². The van der Waals surface area contributed by atoms with Crippen molar-refractivity contribution in [1.82, 2.24) is 10.6 Å². The molecule has 0 aromatic rings. The summed E-state index contributed by atoms with van der Waals surface area (Å²) in [6.07, 6.45) is 1.83. The van der Waals surface area contributed by atoms with Crippen LogP contribution in [0.2, 0.25) is 0 Å². The zero-order chi connectivity index (χ0) is 7.40. The normalized spacial score (nSPS) is 24.7. The minimum atomic E-state index is -0.767. The molecule has 0 aromatic carbocycles. The lowest BCUT2D eigenvalue weighted by Crippen LogP contribution is -2.39. The van der Waals surface area contributed by atoms with Crippen molar-refractivity contribution in [2.24, 2.45) is 0 Å². The molecule has 1 rings (SSSR count). The Hall–Kier alpha value is -0.640. The van der Waals surface area contributed by atoms with E-state index < -0.39 is 6.80 Å². The van der Waals surface area contributed by atoms with E-state index in [1.165, 1.54) is 0 Å². The van der Waals surface area contributed by atoms with Gasteiger partial charge in [-0.25, -0.2) is 4.39 Å². The van der Waals surface area contributed by atoms with E-state index in [1.807, 2.05) is 0 Å². The summed E-state index contributed by atoms with van der Waals surface area (Å²) < 4.78 is 11.5. The molecule has 1 unspecified atom stereocenters. The van der Waals surface area contributed by atoms with Crippen molar-refractivity contribution in [3.63, 3.8) is 0 Å². The van der Waals surface area contributed by atoms with Crippen LogP contribution in [0, 0.1) is 0 Å². The maximum atomic E-state index is 11.5. The molecule has 3 nitrogen and oxygen atoms in total. The van der Waals surface area contributed by atoms with Crippen LogP contribution in [-0.2, 0) is 4.79 Å². The number of rotatable bonds is 2. The summed E-state index contributed by atoms with van der Waals surface area (Å²) >= 11 is 0. The van der Waals surface area contributed by atoms with Gasteiger partial charge in [-0.1, -0.05) is 0 Å². The van der Waals surface area contributed by atoms with Gasteiger partial charge in [0.1, 0.15) is 0 Å². The Morgan fingerprint density at radius 1 is 1.80 bits per heavy atom. The zero-order valence-corrected chi connectivity index (χ0v) is 5.69. The molecule has 1 atom stereocenters. The third kappa shape index (κ3) is 1.67. The Balaban J connectivity index is 2.25. The van der Waals surface area contributed by atoms with Crippen LogP contribution < -0.4 is 10.6 Å². The van der Waals surface area contributed by atoms with Gasteiger partial charge in [0, 0.05) is 0 Å². The smallest absolute Gasteiger partial charge is 0.239 e. The number of amides is 1. The van der Waals surface area contributed by atoms with Gasteiger partial charge in [-0.15, -0.1) is 0 Å². The first kappa shape index (κ1) is 7.47. The van der Waals surface area contributed by atoms with Gasteiger partial charge >= 0.3 is 0 Å². The molecule has 0 bridgehead atoms. The average Bonchev–Trinajstić information content (AvgIpc) is 2.38. The van der Waals surface area contributed by atoms with Crippen molar-refractivity contribution in [2.75, 3.05) is 13.3 Å². The molecule has 58 valence electrons. The first-order chi connectivity index (χ1) is 4.84. The fourth-order valence-electron chi connectivity index (χ4n) is 1.10. The van der Waals surface area contributed by atoms with Gasteiger partial charge in [0.2, 0.25) is 5.91 Å². The Bertz CT molecular complexity index is 123. The summed E-state index contributed by atoms with van der Waals surface area (Å²) in [5.74, 6) is -0.222. The number of carbonyl (C=O) groups is 1. The topological polar surface area (TPSA) is 41.1 Å². The van der Waals surface area contributed by atoms with E-state index in [4.69, 9.17) is 0 Å². The van der Waals surface area contributed by atoms with Crippen LogP contribution in [0.15, 0.2) is 0 Å². The standard InChI is InChI=1S/C6H11FN2O/c7-4-9-6(10)5-2-1-3-8-5/h5,8H,1-4H2,(H,9,10). The summed E-state index contributed by atoms with van der Waals surface area (Å²) in [4.78, 5) is 10.8. The molecule has 4 heteroatoms. The molecule has 1 aliphatic rings. The molecule has 2 N–H and O–H groups in total. The van der Waals surface area contributed by atoms with E-state index in [1.54, 1.807) is 0 Å². The maximum Gasteiger partial charge on any atom is 0.239 e. The minimum Gasteiger partial charge on any atom is -0.328 e. The zero-order valence-electron chi connectivity index (χ0n) is 5.69. The van der Waals surface area contributed by atoms with E-state index in [9.17, 15) is 9.18 Å². The van der Waals surface area contributed by atoms with Crippen molar-refractivity contribution in [3.8, 4) is 0 Å². The molecule has 0 aromatic heterocycles. The van der Waals surface area contributed by atoms with Gasteiger partial charge in [0.15, 0.2) is 6.80 Å². The van der Waals surface area contributed by atoms with Crippen LogP contribution in [0.1, 0.15) is 12.8 Å². The summed E-state index contributed by atoms with van der Waals surface area (Å²) in [6, 6.07) is -0.157. The molecule has 1 amide bonds. The van der Waals surface area contributed by atoms with Crippen LogP contribution in [0.3, 0.4) is 0 Å². The molecule has 1 heterocycles. The van der Waals surface area contributed by atoms with Crippen LogP contribution >= 0.6 is 0 Å². The highest BCUT2D eigenvalue weighted by Crippen LogP contribution is 2.03. The van der Waals surface area contributed by atoms with E-state index in [0.717, 1.165) is 19.4 Å². The fourth-order valence-corrected chi connectivity index (χ4v) is 1.10. The molecule has 10 heavy (non-hydrogen) atoms. The Morgan fingerprint density at radius 2 is 2.60 bits per heavy atom. The first-order valence-electron chi connectivity index (χ1n) is 3.41. The van der Waals surface area contributed by atoms with Crippen LogP contribution in [0.4, 0.5) is 4.39 Å². The molecule has 1 saturated heterocycles. The number of hydrogen-bond donors (Lipinski definition) is 2. The highest BCUT2D eigenvalue weighted by Gasteiger charge is 2.20. The quantitative estimate of drug-likeness (QED) is 0.529. The predicted molar refractivity (Wildman–Crippen MR) is 35.1 cm³/mol. The van der Waals surface area contributed by atoms with Gasteiger partial charge in [-0.05, 0) is 19.4 Å². The summed E-state index contributed by atoms with van der Waals surface area (Å²) in [6.45, 7) is 0.0986. The van der Waals surface area contributed by atoms with E-state index in [-0.39, 0.29) is 11.9 Å². The Labute approximate surface area is 59.0 Å². The summed E-state index contributed by atoms with van der Waals surface area (Å²) in [5.41, 5.74) is 0. The Kier molecular flexibility index (Phi) is 2.62. The van der Waals surface area contributed by atoms with Crippen molar-refractivity contribution in [3.05, 3.63) is 0 Å². The summed E-state index contributed by atoms with van der Waals surface area (Å²) in [5, 5.41) is 5.08. The van der Waals surface area contributed by atoms with Gasteiger partial charge < -0.3 is 10.6 Å². The van der Waals surface area contributed by atoms with Crippen LogP contribution in [0.25, 0.3) is 0 Å². The van der Waals surface area contributed by atoms with Gasteiger partial charge in [0.25, 0.3) is 0 Å². The SMILES string of the molecule is O=C(NCF)C1CCCN1. The number of hydrogen-bond acceptors (Lipinski definition) is 2. The molecule has 0 spiro atoms. The molecule has 1 fully saturated rings. The molecule has 0 radical (unpaired) electrons. The number of nitrogens with one attached hydrogen (secondary N) is 2. The number of carbonyl (C=O) groups excluding carboxylic acids is 1. The summed E-state index contributed by atoms with van der Waals surface area (Å²) in [7, 11) is 0.